The monoisotopic (exact) mass is 241 g/mol. The van der Waals surface area contributed by atoms with Crippen LogP contribution in [0.15, 0.2) is 16.8 Å². The summed E-state index contributed by atoms with van der Waals surface area (Å²) in [4.78, 5) is 22.7. The van der Waals surface area contributed by atoms with Gasteiger partial charge in [-0.15, -0.1) is 0 Å². The Morgan fingerprint density at radius 2 is 2.06 bits per heavy atom. The van der Waals surface area contributed by atoms with Gasteiger partial charge in [-0.1, -0.05) is 20.8 Å². The minimum atomic E-state index is -1.02. The second-order valence-corrected chi connectivity index (χ2v) is 5.40. The van der Waals surface area contributed by atoms with Crippen molar-refractivity contribution >= 4 is 23.2 Å². The number of carbonyl (C=O) groups is 2. The van der Waals surface area contributed by atoms with Gasteiger partial charge in [0.2, 0.25) is 0 Å². The van der Waals surface area contributed by atoms with Gasteiger partial charge >= 0.3 is 5.97 Å². The zero-order chi connectivity index (χ0) is 12.3. The second-order valence-electron chi connectivity index (χ2n) is 4.62. The largest absolute Gasteiger partial charge is 0.480 e. The molecule has 0 aromatic carbocycles. The maximum Gasteiger partial charge on any atom is 0.326 e. The first-order valence-corrected chi connectivity index (χ1v) is 5.82. The number of nitrogens with one attached hydrogen (secondary N) is 1. The first kappa shape index (κ1) is 12.7. The number of hydrogen-bond donors (Lipinski definition) is 2. The van der Waals surface area contributed by atoms with E-state index in [9.17, 15) is 9.59 Å². The average molecular weight is 241 g/mol. The van der Waals surface area contributed by atoms with Crippen LogP contribution >= 0.6 is 11.3 Å². The first-order valence-electron chi connectivity index (χ1n) is 4.88. The fourth-order valence-electron chi connectivity index (χ4n) is 1.26. The molecule has 0 spiro atoms. The van der Waals surface area contributed by atoms with Gasteiger partial charge in [0, 0.05) is 5.38 Å². The van der Waals surface area contributed by atoms with Gasteiger partial charge in [0.15, 0.2) is 0 Å². The molecule has 0 fully saturated rings. The van der Waals surface area contributed by atoms with Crippen LogP contribution in [0.1, 0.15) is 31.1 Å². The molecule has 1 atom stereocenters. The van der Waals surface area contributed by atoms with E-state index >= 15 is 0 Å². The van der Waals surface area contributed by atoms with Crippen LogP contribution in [0.2, 0.25) is 0 Å². The molecular weight excluding hydrogens is 226 g/mol. The smallest absolute Gasteiger partial charge is 0.326 e. The van der Waals surface area contributed by atoms with E-state index < -0.39 is 17.4 Å². The lowest BCUT2D eigenvalue weighted by Crippen LogP contribution is -2.49. The molecule has 16 heavy (non-hydrogen) atoms. The SMILES string of the molecule is CC(C)(C)[C@@H](NC(=O)c1ccsc1)C(=O)O. The lowest BCUT2D eigenvalue weighted by molar-refractivity contribution is -0.142. The molecule has 0 saturated carbocycles. The first-order chi connectivity index (χ1) is 7.32. The number of rotatable bonds is 3. The van der Waals surface area contributed by atoms with E-state index in [1.54, 1.807) is 37.6 Å². The summed E-state index contributed by atoms with van der Waals surface area (Å²) in [5, 5.41) is 15.0. The molecule has 0 bridgehead atoms. The van der Waals surface area contributed by atoms with Gasteiger partial charge in [0.1, 0.15) is 6.04 Å². The molecular formula is C11H15NO3S. The van der Waals surface area contributed by atoms with Gasteiger partial charge in [-0.25, -0.2) is 4.79 Å². The summed E-state index contributed by atoms with van der Waals surface area (Å²) in [6.45, 7) is 5.33. The zero-order valence-electron chi connectivity index (χ0n) is 9.48. The maximum absolute atomic E-state index is 11.7. The molecule has 0 radical (unpaired) electrons. The van der Waals surface area contributed by atoms with Crippen LogP contribution in [-0.4, -0.2) is 23.0 Å². The highest BCUT2D eigenvalue weighted by molar-refractivity contribution is 7.08. The van der Waals surface area contributed by atoms with Crippen LogP contribution in [0.25, 0.3) is 0 Å². The Labute approximate surface area is 98.3 Å². The number of hydrogen-bond acceptors (Lipinski definition) is 3. The molecule has 4 nitrogen and oxygen atoms in total. The van der Waals surface area contributed by atoms with E-state index in [1.807, 2.05) is 0 Å². The highest BCUT2D eigenvalue weighted by Gasteiger charge is 2.32. The van der Waals surface area contributed by atoms with Crippen LogP contribution in [0.3, 0.4) is 0 Å². The van der Waals surface area contributed by atoms with Gasteiger partial charge in [0.05, 0.1) is 5.56 Å². The van der Waals surface area contributed by atoms with Crippen molar-refractivity contribution in [1.29, 1.82) is 0 Å². The molecule has 88 valence electrons. The molecule has 0 saturated heterocycles. The quantitative estimate of drug-likeness (QED) is 0.850. The van der Waals surface area contributed by atoms with E-state index in [1.165, 1.54) is 11.3 Å². The van der Waals surface area contributed by atoms with Gasteiger partial charge in [-0.2, -0.15) is 11.3 Å². The van der Waals surface area contributed by atoms with E-state index in [2.05, 4.69) is 5.32 Å². The number of thiophene rings is 1. The van der Waals surface area contributed by atoms with Crippen molar-refractivity contribution in [2.24, 2.45) is 5.41 Å². The lowest BCUT2D eigenvalue weighted by atomic mass is 9.86. The summed E-state index contributed by atoms with van der Waals surface area (Å²) in [6.07, 6.45) is 0. The van der Waals surface area contributed by atoms with Crippen molar-refractivity contribution in [2.75, 3.05) is 0 Å². The summed E-state index contributed by atoms with van der Waals surface area (Å²) in [7, 11) is 0. The molecule has 0 unspecified atom stereocenters. The van der Waals surface area contributed by atoms with Gasteiger partial charge in [0.25, 0.3) is 5.91 Å². The van der Waals surface area contributed by atoms with Crippen molar-refractivity contribution < 1.29 is 14.7 Å². The minimum absolute atomic E-state index is 0.344. The van der Waals surface area contributed by atoms with Gasteiger partial charge in [-0.05, 0) is 16.9 Å². The fourth-order valence-corrected chi connectivity index (χ4v) is 1.89. The number of carboxylic acids is 1. The van der Waals surface area contributed by atoms with E-state index in [0.29, 0.717) is 5.56 Å². The standard InChI is InChI=1S/C11H15NO3S/c1-11(2,3)8(10(14)15)12-9(13)7-4-5-16-6-7/h4-6,8H,1-3H3,(H,12,13)(H,14,15)/t8-/m0/s1. The predicted octanol–water partition coefficient (Wildman–Crippen LogP) is 1.98. The molecule has 0 aliphatic carbocycles. The third-order valence-corrected chi connectivity index (χ3v) is 2.86. The molecule has 2 N–H and O–H groups in total. The third kappa shape index (κ3) is 3.06. The normalized spacial score (nSPS) is 13.2. The maximum atomic E-state index is 11.7. The number of aliphatic carboxylic acids is 1. The molecule has 1 heterocycles. The van der Waals surface area contributed by atoms with Crippen LogP contribution in [0, 0.1) is 5.41 Å². The Morgan fingerprint density at radius 3 is 2.44 bits per heavy atom. The van der Waals surface area contributed by atoms with E-state index in [-0.39, 0.29) is 5.91 Å². The fraction of sp³-hybridized carbons (Fsp3) is 0.455. The summed E-state index contributed by atoms with van der Waals surface area (Å²) in [5.74, 6) is -1.36. The zero-order valence-corrected chi connectivity index (χ0v) is 10.3. The number of carbonyl (C=O) groups excluding carboxylic acids is 1. The molecule has 0 aliphatic heterocycles. The average Bonchev–Trinajstić information content (AvgIpc) is 2.63. The van der Waals surface area contributed by atoms with Crippen molar-refractivity contribution in [3.05, 3.63) is 22.4 Å². The Bertz CT molecular complexity index is 378. The topological polar surface area (TPSA) is 66.4 Å². The van der Waals surface area contributed by atoms with Gasteiger partial charge < -0.3 is 10.4 Å². The summed E-state index contributed by atoms with van der Waals surface area (Å²) >= 11 is 1.40. The Balaban J connectivity index is 2.78. The molecule has 1 aromatic rings. The van der Waals surface area contributed by atoms with Crippen molar-refractivity contribution in [1.82, 2.24) is 5.32 Å². The summed E-state index contributed by atoms with van der Waals surface area (Å²) in [6, 6.07) is 0.779. The molecule has 1 rings (SSSR count). The highest BCUT2D eigenvalue weighted by atomic mass is 32.1. The van der Waals surface area contributed by atoms with E-state index in [4.69, 9.17) is 5.11 Å². The molecule has 1 aromatic heterocycles. The van der Waals surface area contributed by atoms with Crippen molar-refractivity contribution in [3.8, 4) is 0 Å². The van der Waals surface area contributed by atoms with Crippen LogP contribution < -0.4 is 5.32 Å². The van der Waals surface area contributed by atoms with Crippen molar-refractivity contribution in [3.63, 3.8) is 0 Å². The van der Waals surface area contributed by atoms with Gasteiger partial charge in [-0.3, -0.25) is 4.79 Å². The molecule has 0 aliphatic rings. The second kappa shape index (κ2) is 4.65. The van der Waals surface area contributed by atoms with E-state index in [0.717, 1.165) is 0 Å². The van der Waals surface area contributed by atoms with Crippen LogP contribution in [0.5, 0.6) is 0 Å². The Kier molecular flexibility index (Phi) is 3.70. The highest BCUT2D eigenvalue weighted by Crippen LogP contribution is 2.20. The molecule has 1 amide bonds. The lowest BCUT2D eigenvalue weighted by Gasteiger charge is -2.27. The summed E-state index contributed by atoms with van der Waals surface area (Å²) < 4.78 is 0. The Hall–Kier alpha value is -1.36. The van der Waals surface area contributed by atoms with Crippen molar-refractivity contribution in [2.45, 2.75) is 26.8 Å². The molecule has 5 heteroatoms. The Morgan fingerprint density at radius 1 is 1.44 bits per heavy atom. The van der Waals surface area contributed by atoms with Crippen LogP contribution in [-0.2, 0) is 4.79 Å². The minimum Gasteiger partial charge on any atom is -0.480 e. The third-order valence-electron chi connectivity index (χ3n) is 2.17. The van der Waals surface area contributed by atoms with Crippen LogP contribution in [0.4, 0.5) is 0 Å². The number of amides is 1. The summed E-state index contributed by atoms with van der Waals surface area (Å²) in [5.41, 5.74) is -0.0159. The number of carboxylic acid groups (broad SMARTS) is 1. The predicted molar refractivity (Wildman–Crippen MR) is 62.7 cm³/mol.